The van der Waals surface area contributed by atoms with E-state index in [9.17, 15) is 13.2 Å². The van der Waals surface area contributed by atoms with Gasteiger partial charge in [0, 0.05) is 17.7 Å². The summed E-state index contributed by atoms with van der Waals surface area (Å²) in [5.41, 5.74) is 3.23. The van der Waals surface area contributed by atoms with Gasteiger partial charge in [-0.1, -0.05) is 76.6 Å². The first-order valence-corrected chi connectivity index (χ1v) is 12.9. The van der Waals surface area contributed by atoms with E-state index >= 15 is 0 Å². The lowest BCUT2D eigenvalue weighted by Crippen LogP contribution is -2.36. The number of unbranched alkanes of at least 4 members (excludes halogenated alkanes) is 6. The molecule has 0 saturated heterocycles. The summed E-state index contributed by atoms with van der Waals surface area (Å²) in [4.78, 5) is 13.3. The fraction of sp³-hybridized carbons (Fsp3) is 0.625. The van der Waals surface area contributed by atoms with Crippen molar-refractivity contribution in [3.8, 4) is 0 Å². The molecule has 29 heavy (non-hydrogen) atoms. The minimum Gasteiger partial charge on any atom is -0.294 e. The number of sulfonamides is 1. The summed E-state index contributed by atoms with van der Waals surface area (Å²) >= 11 is 0. The Kier molecular flexibility index (Phi) is 9.41. The van der Waals surface area contributed by atoms with Gasteiger partial charge in [-0.2, -0.15) is 0 Å². The molecular weight excluding hydrogens is 382 g/mol. The molecular formula is C24H37NO3S. The summed E-state index contributed by atoms with van der Waals surface area (Å²) in [5.74, 6) is 0.140. The molecule has 0 fully saturated rings. The van der Waals surface area contributed by atoms with Gasteiger partial charge >= 0.3 is 0 Å². The maximum absolute atomic E-state index is 13.3. The number of carbonyl (C=O) groups excluding carboxylic acids is 1. The highest BCUT2D eigenvalue weighted by Gasteiger charge is 2.33. The van der Waals surface area contributed by atoms with Crippen molar-refractivity contribution in [3.63, 3.8) is 0 Å². The molecule has 0 saturated carbocycles. The average molecular weight is 420 g/mol. The molecule has 0 amide bonds. The van der Waals surface area contributed by atoms with Crippen LogP contribution in [0.25, 0.3) is 5.57 Å². The molecule has 0 unspecified atom stereocenters. The maximum Gasteiger partial charge on any atom is 0.234 e. The molecule has 4 nitrogen and oxygen atoms in total. The van der Waals surface area contributed by atoms with Crippen LogP contribution in [0, 0.1) is 0 Å². The standard InChI is InChI=1S/C24H37NO3S/c1-4-7-9-11-17-22-24(23(26)18-12-10-8-5-2)21-16-14-13-15-20(21)19-25(22)29(27,28)6-3/h13-16H,4-12,17-19H2,1-3H3. The summed E-state index contributed by atoms with van der Waals surface area (Å²) in [6.07, 6.45) is 9.52. The second-order valence-electron chi connectivity index (χ2n) is 7.93. The minimum atomic E-state index is -3.43. The van der Waals surface area contributed by atoms with Crippen molar-refractivity contribution in [2.24, 2.45) is 0 Å². The van der Waals surface area contributed by atoms with E-state index in [1.54, 1.807) is 6.92 Å². The number of hydrogen-bond acceptors (Lipinski definition) is 3. The molecule has 0 bridgehead atoms. The van der Waals surface area contributed by atoms with Crippen LogP contribution in [0.15, 0.2) is 30.0 Å². The van der Waals surface area contributed by atoms with E-state index in [4.69, 9.17) is 0 Å². The predicted octanol–water partition coefficient (Wildman–Crippen LogP) is 6.07. The molecule has 1 aliphatic rings. The van der Waals surface area contributed by atoms with E-state index in [0.29, 0.717) is 25.0 Å². The van der Waals surface area contributed by atoms with Crippen molar-refractivity contribution < 1.29 is 13.2 Å². The summed E-state index contributed by atoms with van der Waals surface area (Å²) in [6, 6.07) is 7.80. The van der Waals surface area contributed by atoms with Crippen molar-refractivity contribution in [2.75, 3.05) is 5.75 Å². The highest BCUT2D eigenvalue weighted by Crippen LogP contribution is 2.37. The van der Waals surface area contributed by atoms with Gasteiger partial charge in [-0.25, -0.2) is 8.42 Å². The zero-order chi connectivity index (χ0) is 21.3. The largest absolute Gasteiger partial charge is 0.294 e. The molecule has 1 aliphatic heterocycles. The summed E-state index contributed by atoms with van der Waals surface area (Å²) in [7, 11) is -3.43. The Labute approximate surface area is 177 Å². The first-order chi connectivity index (χ1) is 14.0. The van der Waals surface area contributed by atoms with Gasteiger partial charge in [0.05, 0.1) is 12.3 Å². The number of fused-ring (bicyclic) bond motifs is 1. The molecule has 0 N–H and O–H groups in total. The van der Waals surface area contributed by atoms with Crippen LogP contribution < -0.4 is 0 Å². The fourth-order valence-corrected chi connectivity index (χ4v) is 5.14. The van der Waals surface area contributed by atoms with Gasteiger partial charge in [-0.15, -0.1) is 0 Å². The van der Waals surface area contributed by atoms with Gasteiger partial charge in [0.15, 0.2) is 5.78 Å². The number of carbonyl (C=O) groups is 1. The number of allylic oxidation sites excluding steroid dienone is 2. The van der Waals surface area contributed by atoms with Crippen molar-refractivity contribution in [2.45, 2.75) is 91.5 Å². The summed E-state index contributed by atoms with van der Waals surface area (Å²) in [5, 5.41) is 0. The SMILES string of the molecule is CCCCCCC(=O)C1=C(CCCCCC)N(S(=O)(=O)CC)Cc2ccccc21. The molecule has 0 spiro atoms. The van der Waals surface area contributed by atoms with Crippen LogP contribution in [0.3, 0.4) is 0 Å². The van der Waals surface area contributed by atoms with Crippen molar-refractivity contribution in [3.05, 3.63) is 41.1 Å². The second-order valence-corrected chi connectivity index (χ2v) is 10.1. The molecule has 0 aromatic heterocycles. The third kappa shape index (κ3) is 6.18. The Morgan fingerprint density at radius 3 is 2.24 bits per heavy atom. The van der Waals surface area contributed by atoms with Gasteiger partial charge in [0.2, 0.25) is 10.0 Å². The Balaban J connectivity index is 2.45. The fourth-order valence-electron chi connectivity index (χ4n) is 3.97. The van der Waals surface area contributed by atoms with Gasteiger partial charge in [-0.05, 0) is 37.3 Å². The number of Topliss-reactive ketones (excluding diaryl/α,β-unsaturated/α-hetero) is 1. The van der Waals surface area contributed by atoms with E-state index in [1.165, 1.54) is 4.31 Å². The lowest BCUT2D eigenvalue weighted by atomic mass is 9.88. The lowest BCUT2D eigenvalue weighted by molar-refractivity contribution is -0.114. The minimum absolute atomic E-state index is 0.0472. The Morgan fingerprint density at radius 2 is 1.59 bits per heavy atom. The van der Waals surface area contributed by atoms with Crippen molar-refractivity contribution >= 4 is 21.4 Å². The Bertz CT molecular complexity index is 811. The van der Waals surface area contributed by atoms with E-state index in [-0.39, 0.29) is 11.5 Å². The molecule has 1 aromatic rings. The number of benzene rings is 1. The predicted molar refractivity (Wildman–Crippen MR) is 121 cm³/mol. The van der Waals surface area contributed by atoms with Crippen LogP contribution in [0.2, 0.25) is 0 Å². The highest BCUT2D eigenvalue weighted by atomic mass is 32.2. The van der Waals surface area contributed by atoms with Crippen molar-refractivity contribution in [1.29, 1.82) is 0 Å². The zero-order valence-electron chi connectivity index (χ0n) is 18.4. The van der Waals surface area contributed by atoms with E-state index < -0.39 is 10.0 Å². The van der Waals surface area contributed by atoms with Crippen LogP contribution in [0.4, 0.5) is 0 Å². The van der Waals surface area contributed by atoms with Gasteiger partial charge in [0.25, 0.3) is 0 Å². The number of rotatable bonds is 13. The summed E-state index contributed by atoms with van der Waals surface area (Å²) in [6.45, 7) is 6.33. The topological polar surface area (TPSA) is 54.5 Å². The van der Waals surface area contributed by atoms with Gasteiger partial charge < -0.3 is 0 Å². The average Bonchev–Trinajstić information content (AvgIpc) is 2.73. The normalized spacial score (nSPS) is 14.2. The molecule has 0 atom stereocenters. The molecule has 1 heterocycles. The van der Waals surface area contributed by atoms with Crippen molar-refractivity contribution in [1.82, 2.24) is 4.31 Å². The quantitative estimate of drug-likeness (QED) is 0.364. The monoisotopic (exact) mass is 419 g/mol. The van der Waals surface area contributed by atoms with Gasteiger partial charge in [0.1, 0.15) is 0 Å². The number of nitrogens with zero attached hydrogens (tertiary/aromatic N) is 1. The Hall–Kier alpha value is -1.62. The molecule has 5 heteroatoms. The van der Waals surface area contributed by atoms with Crippen LogP contribution in [0.1, 0.15) is 96.1 Å². The van der Waals surface area contributed by atoms with E-state index in [2.05, 4.69) is 13.8 Å². The van der Waals surface area contributed by atoms with Crippen LogP contribution >= 0.6 is 0 Å². The molecule has 0 radical (unpaired) electrons. The molecule has 0 aliphatic carbocycles. The number of ketones is 1. The number of hydrogen-bond donors (Lipinski definition) is 0. The zero-order valence-corrected chi connectivity index (χ0v) is 19.2. The third-order valence-electron chi connectivity index (χ3n) is 5.69. The molecule has 1 aromatic carbocycles. The smallest absolute Gasteiger partial charge is 0.234 e. The first-order valence-electron chi connectivity index (χ1n) is 11.3. The third-order valence-corrected chi connectivity index (χ3v) is 7.44. The van der Waals surface area contributed by atoms with Crippen LogP contribution in [-0.4, -0.2) is 24.3 Å². The van der Waals surface area contributed by atoms with Gasteiger partial charge in [-0.3, -0.25) is 9.10 Å². The van der Waals surface area contributed by atoms with Crippen LogP contribution in [0.5, 0.6) is 0 Å². The van der Waals surface area contributed by atoms with E-state index in [1.807, 2.05) is 24.3 Å². The molecule has 162 valence electrons. The second kappa shape index (κ2) is 11.5. The highest BCUT2D eigenvalue weighted by molar-refractivity contribution is 7.89. The van der Waals surface area contributed by atoms with E-state index in [0.717, 1.165) is 68.2 Å². The maximum atomic E-state index is 13.3. The first kappa shape index (κ1) is 23.7. The molecule has 2 rings (SSSR count). The lowest BCUT2D eigenvalue weighted by Gasteiger charge is -2.34. The van der Waals surface area contributed by atoms with Crippen LogP contribution in [-0.2, 0) is 21.4 Å². The Morgan fingerprint density at radius 1 is 0.931 bits per heavy atom. The summed E-state index contributed by atoms with van der Waals surface area (Å²) < 4.78 is 27.4.